The summed E-state index contributed by atoms with van der Waals surface area (Å²) in [5.74, 6) is -0.156. The van der Waals surface area contributed by atoms with Gasteiger partial charge in [0.2, 0.25) is 0 Å². The minimum Gasteiger partial charge on any atom is -0.330 e. The van der Waals surface area contributed by atoms with Crippen LogP contribution < -0.4 is 4.90 Å². The Balaban J connectivity index is 1.66. The fourth-order valence-electron chi connectivity index (χ4n) is 3.31. The molecule has 1 aliphatic rings. The van der Waals surface area contributed by atoms with Crippen molar-refractivity contribution in [1.29, 1.82) is 0 Å². The van der Waals surface area contributed by atoms with E-state index in [1.165, 1.54) is 29.2 Å². The summed E-state index contributed by atoms with van der Waals surface area (Å²) in [7, 11) is 1.82. The van der Waals surface area contributed by atoms with Crippen LogP contribution in [0.1, 0.15) is 12.7 Å². The molecule has 2 aromatic carbocycles. The Bertz CT molecular complexity index is 1060. The number of halogens is 2. The Kier molecular flexibility index (Phi) is 4.11. The van der Waals surface area contributed by atoms with Crippen molar-refractivity contribution in [2.24, 2.45) is 7.05 Å². The van der Waals surface area contributed by atoms with E-state index in [2.05, 4.69) is 4.98 Å². The van der Waals surface area contributed by atoms with Gasteiger partial charge in [-0.2, -0.15) is 0 Å². The minimum atomic E-state index is -0.674. The van der Waals surface area contributed by atoms with Gasteiger partial charge in [-0.05, 0) is 49.4 Å². The van der Waals surface area contributed by atoms with Gasteiger partial charge in [0.1, 0.15) is 17.7 Å². The molecular formula is C19H16ClFN4O2. The standard InChI is InChI=1S/C19H16ClFN4O2/c1-11-18(26)24(19(27)25(11)14-6-4-13(21)5-7-14)10-17-22-15-9-12(20)3-8-16(15)23(17)2/h3-9,11H,10H2,1-2H3. The predicted molar refractivity (Wildman–Crippen MR) is 100 cm³/mol. The maximum absolute atomic E-state index is 13.2. The molecule has 1 saturated heterocycles. The molecule has 0 aliphatic carbocycles. The highest BCUT2D eigenvalue weighted by Crippen LogP contribution is 2.28. The van der Waals surface area contributed by atoms with Crippen LogP contribution in [0.4, 0.5) is 14.9 Å². The average molecular weight is 387 g/mol. The maximum Gasteiger partial charge on any atom is 0.332 e. The SMILES string of the molecule is CC1C(=O)N(Cc2nc3cc(Cl)ccc3n2C)C(=O)N1c1ccc(F)cc1. The van der Waals surface area contributed by atoms with E-state index in [-0.39, 0.29) is 12.5 Å². The van der Waals surface area contributed by atoms with Crippen LogP contribution in [-0.4, -0.2) is 32.4 Å². The number of imide groups is 1. The molecule has 1 aliphatic heterocycles. The third-order valence-electron chi connectivity index (χ3n) is 4.79. The highest BCUT2D eigenvalue weighted by Gasteiger charge is 2.43. The molecule has 2 heterocycles. The molecule has 8 heteroatoms. The largest absolute Gasteiger partial charge is 0.332 e. The average Bonchev–Trinajstić information content (AvgIpc) is 3.05. The Labute approximate surface area is 159 Å². The lowest BCUT2D eigenvalue weighted by molar-refractivity contribution is -0.127. The number of anilines is 1. The van der Waals surface area contributed by atoms with Crippen molar-refractivity contribution < 1.29 is 14.0 Å². The molecule has 1 atom stereocenters. The van der Waals surface area contributed by atoms with Crippen molar-refractivity contribution in [3.63, 3.8) is 0 Å². The van der Waals surface area contributed by atoms with Crippen LogP contribution in [0.2, 0.25) is 5.02 Å². The molecule has 0 bridgehead atoms. The first kappa shape index (κ1) is 17.5. The van der Waals surface area contributed by atoms with Gasteiger partial charge in [-0.25, -0.2) is 14.2 Å². The van der Waals surface area contributed by atoms with Gasteiger partial charge in [-0.15, -0.1) is 0 Å². The number of carbonyl (C=O) groups is 2. The molecule has 1 fully saturated rings. The summed E-state index contributed by atoms with van der Waals surface area (Å²) in [6, 6.07) is 9.71. The number of fused-ring (bicyclic) bond motifs is 1. The smallest absolute Gasteiger partial charge is 0.330 e. The zero-order valence-electron chi connectivity index (χ0n) is 14.7. The van der Waals surface area contributed by atoms with Crippen LogP contribution in [0.25, 0.3) is 11.0 Å². The van der Waals surface area contributed by atoms with Crippen LogP contribution in [0, 0.1) is 5.82 Å². The van der Waals surface area contributed by atoms with Gasteiger partial charge in [0.25, 0.3) is 5.91 Å². The summed E-state index contributed by atoms with van der Waals surface area (Å²) in [5.41, 5.74) is 2.03. The normalized spacial score (nSPS) is 17.4. The third-order valence-corrected chi connectivity index (χ3v) is 5.02. The van der Waals surface area contributed by atoms with E-state index in [0.717, 1.165) is 10.4 Å². The zero-order valence-corrected chi connectivity index (χ0v) is 15.4. The molecule has 0 N–H and O–H groups in total. The predicted octanol–water partition coefficient (Wildman–Crippen LogP) is 3.72. The Morgan fingerprint density at radius 2 is 1.85 bits per heavy atom. The molecule has 1 aromatic heterocycles. The summed E-state index contributed by atoms with van der Waals surface area (Å²) in [6.45, 7) is 1.70. The van der Waals surface area contributed by atoms with E-state index in [9.17, 15) is 14.0 Å². The first-order chi connectivity index (χ1) is 12.9. The monoisotopic (exact) mass is 386 g/mol. The second-order valence-corrected chi connectivity index (χ2v) is 6.89. The Hall–Kier alpha value is -2.93. The van der Waals surface area contributed by atoms with Crippen molar-refractivity contribution in [3.05, 3.63) is 59.1 Å². The summed E-state index contributed by atoms with van der Waals surface area (Å²) in [6.07, 6.45) is 0. The second kappa shape index (κ2) is 6.35. The van der Waals surface area contributed by atoms with E-state index in [1.54, 1.807) is 19.1 Å². The maximum atomic E-state index is 13.2. The molecule has 1 unspecified atom stereocenters. The van der Waals surface area contributed by atoms with Gasteiger partial charge in [0, 0.05) is 17.8 Å². The highest BCUT2D eigenvalue weighted by atomic mass is 35.5. The fraction of sp³-hybridized carbons (Fsp3) is 0.211. The van der Waals surface area contributed by atoms with Gasteiger partial charge in [0.15, 0.2) is 0 Å². The first-order valence-electron chi connectivity index (χ1n) is 8.38. The van der Waals surface area contributed by atoms with Crippen LogP contribution in [0.15, 0.2) is 42.5 Å². The molecule has 27 heavy (non-hydrogen) atoms. The van der Waals surface area contributed by atoms with Crippen LogP contribution >= 0.6 is 11.6 Å². The molecule has 0 radical (unpaired) electrons. The highest BCUT2D eigenvalue weighted by molar-refractivity contribution is 6.31. The summed E-state index contributed by atoms with van der Waals surface area (Å²) in [5, 5.41) is 0.566. The van der Waals surface area contributed by atoms with Gasteiger partial charge in [-0.1, -0.05) is 11.6 Å². The van der Waals surface area contributed by atoms with E-state index >= 15 is 0 Å². The molecule has 3 amide bonds. The fourth-order valence-corrected chi connectivity index (χ4v) is 3.48. The second-order valence-electron chi connectivity index (χ2n) is 6.45. The van der Waals surface area contributed by atoms with Crippen LogP contribution in [0.3, 0.4) is 0 Å². The number of amides is 3. The molecule has 0 spiro atoms. The molecule has 3 aromatic rings. The number of benzene rings is 2. The van der Waals surface area contributed by atoms with Crippen molar-refractivity contribution in [2.45, 2.75) is 19.5 Å². The van der Waals surface area contributed by atoms with Crippen molar-refractivity contribution in [1.82, 2.24) is 14.5 Å². The summed E-state index contributed by atoms with van der Waals surface area (Å²) >= 11 is 6.01. The Morgan fingerprint density at radius 1 is 1.15 bits per heavy atom. The minimum absolute atomic E-state index is 0.0441. The van der Waals surface area contributed by atoms with E-state index in [4.69, 9.17) is 11.6 Å². The molecule has 0 saturated carbocycles. The van der Waals surface area contributed by atoms with Gasteiger partial charge >= 0.3 is 6.03 Å². The molecule has 6 nitrogen and oxygen atoms in total. The van der Waals surface area contributed by atoms with Gasteiger partial charge in [-0.3, -0.25) is 14.6 Å². The summed E-state index contributed by atoms with van der Waals surface area (Å²) in [4.78, 5) is 32.6. The van der Waals surface area contributed by atoms with E-state index < -0.39 is 17.9 Å². The number of nitrogens with zero attached hydrogens (tertiary/aromatic N) is 4. The lowest BCUT2D eigenvalue weighted by Crippen LogP contribution is -2.34. The van der Waals surface area contributed by atoms with Gasteiger partial charge < -0.3 is 4.57 Å². The topological polar surface area (TPSA) is 58.4 Å². The number of imidazole rings is 1. The Morgan fingerprint density at radius 3 is 2.56 bits per heavy atom. The molecule has 138 valence electrons. The lowest BCUT2D eigenvalue weighted by Gasteiger charge is -2.19. The number of hydrogen-bond donors (Lipinski definition) is 0. The zero-order chi connectivity index (χ0) is 19.3. The van der Waals surface area contributed by atoms with Crippen molar-refractivity contribution in [2.75, 3.05) is 4.90 Å². The molecular weight excluding hydrogens is 371 g/mol. The number of carbonyl (C=O) groups excluding carboxylic acids is 2. The number of rotatable bonds is 3. The number of hydrogen-bond acceptors (Lipinski definition) is 3. The van der Waals surface area contributed by atoms with Crippen LogP contribution in [0.5, 0.6) is 0 Å². The number of urea groups is 1. The van der Waals surface area contributed by atoms with Crippen molar-refractivity contribution in [3.8, 4) is 0 Å². The lowest BCUT2D eigenvalue weighted by atomic mass is 10.2. The van der Waals surface area contributed by atoms with Crippen molar-refractivity contribution >= 4 is 40.3 Å². The first-order valence-corrected chi connectivity index (χ1v) is 8.75. The third kappa shape index (κ3) is 2.84. The van der Waals surface area contributed by atoms with E-state index in [0.29, 0.717) is 22.1 Å². The van der Waals surface area contributed by atoms with Gasteiger partial charge in [0.05, 0.1) is 17.6 Å². The summed E-state index contributed by atoms with van der Waals surface area (Å²) < 4.78 is 15.0. The quantitative estimate of drug-likeness (QED) is 0.644. The molecule has 4 rings (SSSR count). The van der Waals surface area contributed by atoms with Crippen LogP contribution in [-0.2, 0) is 18.4 Å². The number of aromatic nitrogens is 2. The van der Waals surface area contributed by atoms with E-state index in [1.807, 2.05) is 17.7 Å². The number of aryl methyl sites for hydroxylation is 1.